The number of benzene rings is 1. The minimum atomic E-state index is -0.556. The van der Waals surface area contributed by atoms with E-state index in [-0.39, 0.29) is 6.61 Å². The molecule has 82 valence electrons. The van der Waals surface area contributed by atoms with Crippen molar-refractivity contribution in [1.29, 1.82) is 0 Å². The Morgan fingerprint density at radius 1 is 1.40 bits per heavy atom. The summed E-state index contributed by atoms with van der Waals surface area (Å²) in [6.07, 6.45) is 0. The van der Waals surface area contributed by atoms with E-state index in [4.69, 9.17) is 4.74 Å². The molecule has 1 aromatic rings. The normalized spacial score (nSPS) is 10.1. The van der Waals surface area contributed by atoms with Crippen molar-refractivity contribution in [3.63, 3.8) is 0 Å². The summed E-state index contributed by atoms with van der Waals surface area (Å²) in [5.41, 5.74) is 2.01. The van der Waals surface area contributed by atoms with Crippen LogP contribution in [0.5, 0.6) is 0 Å². The molecule has 0 radical (unpaired) electrons. The fourth-order valence-electron chi connectivity index (χ4n) is 1.18. The highest BCUT2D eigenvalue weighted by Gasteiger charge is 1.98. The predicted octanol–water partition coefficient (Wildman–Crippen LogP) is 3.07. The molecule has 0 saturated heterocycles. The van der Waals surface area contributed by atoms with Crippen LogP contribution in [0.4, 0.5) is 10.5 Å². The molecule has 1 N–H and O–H groups in total. The lowest BCUT2D eigenvalue weighted by Gasteiger charge is -2.10. The van der Waals surface area contributed by atoms with Crippen molar-refractivity contribution in [2.75, 3.05) is 5.32 Å². The van der Waals surface area contributed by atoms with E-state index in [1.165, 1.54) is 0 Å². The Kier molecular flexibility index (Phi) is 4.49. The zero-order valence-electron chi connectivity index (χ0n) is 8.86. The fourth-order valence-corrected chi connectivity index (χ4v) is 1.24. The average Bonchev–Trinajstić information content (AvgIpc) is 2.16. The van der Waals surface area contributed by atoms with Crippen molar-refractivity contribution in [2.24, 2.45) is 0 Å². The Morgan fingerprint density at radius 3 is 2.47 bits per heavy atom. The number of thiol groups is 1. The zero-order valence-corrected chi connectivity index (χ0v) is 9.75. The zero-order chi connectivity index (χ0) is 11.3. The lowest BCUT2D eigenvalue weighted by Crippen LogP contribution is -2.09. The number of ether oxygens (including phenoxy) is 1. The van der Waals surface area contributed by atoms with Crippen LogP contribution in [-0.2, 0) is 11.3 Å². The van der Waals surface area contributed by atoms with Gasteiger partial charge in [0.25, 0.3) is 0 Å². The largest absolute Gasteiger partial charge is 0.453 e. The van der Waals surface area contributed by atoms with Gasteiger partial charge in [-0.25, -0.2) is 4.79 Å². The van der Waals surface area contributed by atoms with Crippen molar-refractivity contribution in [2.45, 2.75) is 26.5 Å². The number of hydrogen-bond donors (Lipinski definition) is 2. The molecule has 0 saturated carbocycles. The van der Waals surface area contributed by atoms with Gasteiger partial charge in [0.1, 0.15) is 6.61 Å². The molecule has 0 aromatic heterocycles. The highest BCUT2D eigenvalue weighted by molar-refractivity contribution is 7.96. The van der Waals surface area contributed by atoms with Crippen LogP contribution in [0.1, 0.15) is 19.4 Å². The van der Waals surface area contributed by atoms with Crippen molar-refractivity contribution < 1.29 is 9.53 Å². The van der Waals surface area contributed by atoms with Gasteiger partial charge >= 0.3 is 5.30 Å². The molecule has 0 fully saturated rings. The summed E-state index contributed by atoms with van der Waals surface area (Å²) in [5, 5.41) is 2.72. The Morgan fingerprint density at radius 2 is 2.00 bits per heavy atom. The third kappa shape index (κ3) is 4.74. The van der Waals surface area contributed by atoms with Crippen molar-refractivity contribution in [1.82, 2.24) is 0 Å². The predicted molar refractivity (Wildman–Crippen MR) is 64.4 cm³/mol. The Hall–Kier alpha value is -1.16. The summed E-state index contributed by atoms with van der Waals surface area (Å²) in [6.45, 7) is 4.43. The second kappa shape index (κ2) is 5.66. The molecule has 0 spiro atoms. The summed E-state index contributed by atoms with van der Waals surface area (Å²) >= 11 is 3.52. The molecule has 0 aliphatic rings. The van der Waals surface area contributed by atoms with Gasteiger partial charge in [-0.3, -0.25) is 0 Å². The first-order valence-corrected chi connectivity index (χ1v) is 5.24. The topological polar surface area (TPSA) is 38.3 Å². The van der Waals surface area contributed by atoms with Crippen LogP contribution in [0, 0.1) is 0 Å². The number of nitrogens with one attached hydrogen (secondary N) is 1. The fraction of sp³-hybridized carbons (Fsp3) is 0.364. The molecule has 0 atom stereocenters. The molecular weight excluding hydrogens is 210 g/mol. The number of carbonyl (C=O) groups is 1. The van der Waals surface area contributed by atoms with Gasteiger partial charge in [-0.05, 0) is 31.5 Å². The smallest absolute Gasteiger partial charge is 0.364 e. The minimum Gasteiger partial charge on any atom is -0.453 e. The van der Waals surface area contributed by atoms with E-state index < -0.39 is 5.30 Å². The molecule has 0 heterocycles. The monoisotopic (exact) mass is 225 g/mol. The maximum atomic E-state index is 10.5. The van der Waals surface area contributed by atoms with Crippen LogP contribution in [-0.4, -0.2) is 11.3 Å². The van der Waals surface area contributed by atoms with Gasteiger partial charge in [-0.1, -0.05) is 24.8 Å². The quantitative estimate of drug-likeness (QED) is 0.611. The first kappa shape index (κ1) is 11.9. The van der Waals surface area contributed by atoms with Gasteiger partial charge in [-0.2, -0.15) is 0 Å². The van der Waals surface area contributed by atoms with Crippen LogP contribution in [0.2, 0.25) is 0 Å². The molecule has 0 bridgehead atoms. The summed E-state index contributed by atoms with van der Waals surface area (Å²) in [5.74, 6) is 0. The van der Waals surface area contributed by atoms with Crippen LogP contribution in [0.15, 0.2) is 24.3 Å². The third-order valence-electron chi connectivity index (χ3n) is 1.77. The molecule has 0 unspecified atom stereocenters. The number of rotatable bonds is 4. The van der Waals surface area contributed by atoms with E-state index in [1.807, 2.05) is 24.3 Å². The van der Waals surface area contributed by atoms with Crippen LogP contribution >= 0.6 is 12.6 Å². The van der Waals surface area contributed by atoms with Gasteiger partial charge in [0, 0.05) is 11.7 Å². The van der Waals surface area contributed by atoms with Gasteiger partial charge in [0.15, 0.2) is 0 Å². The maximum absolute atomic E-state index is 10.5. The number of hydrogen-bond acceptors (Lipinski definition) is 3. The second-order valence-electron chi connectivity index (χ2n) is 3.55. The number of anilines is 1. The van der Waals surface area contributed by atoms with E-state index in [0.717, 1.165) is 11.3 Å². The third-order valence-corrected chi connectivity index (χ3v) is 1.90. The lowest BCUT2D eigenvalue weighted by atomic mass is 10.2. The molecule has 0 aliphatic heterocycles. The Labute approximate surface area is 95.2 Å². The SMILES string of the molecule is CC(C)Nc1ccc(COC(=O)S)cc1. The van der Waals surface area contributed by atoms with Gasteiger partial charge in [0.2, 0.25) is 0 Å². The molecule has 4 heteroatoms. The Balaban J connectivity index is 2.52. The van der Waals surface area contributed by atoms with Crippen molar-refractivity contribution in [3.05, 3.63) is 29.8 Å². The first-order valence-electron chi connectivity index (χ1n) is 4.79. The van der Waals surface area contributed by atoms with Crippen LogP contribution < -0.4 is 5.32 Å². The summed E-state index contributed by atoms with van der Waals surface area (Å²) < 4.78 is 4.75. The molecule has 1 aromatic carbocycles. The van der Waals surface area contributed by atoms with E-state index >= 15 is 0 Å². The Bertz CT molecular complexity index is 322. The summed E-state index contributed by atoms with van der Waals surface area (Å²) in [7, 11) is 0. The van der Waals surface area contributed by atoms with Gasteiger partial charge in [-0.15, -0.1) is 0 Å². The van der Waals surface area contributed by atoms with Gasteiger partial charge < -0.3 is 10.1 Å². The minimum absolute atomic E-state index is 0.268. The second-order valence-corrected chi connectivity index (χ2v) is 3.92. The standard InChI is InChI=1S/C11H15NO2S/c1-8(2)12-10-5-3-9(4-6-10)7-14-11(13)15/h3-6,8,12H,7H2,1-2H3,(H,13,15). The number of carbonyl (C=O) groups excluding carboxylic acids is 1. The highest BCUT2D eigenvalue weighted by Crippen LogP contribution is 2.11. The van der Waals surface area contributed by atoms with E-state index in [1.54, 1.807) is 0 Å². The van der Waals surface area contributed by atoms with Gasteiger partial charge in [0.05, 0.1) is 0 Å². The average molecular weight is 225 g/mol. The van der Waals surface area contributed by atoms with E-state index in [9.17, 15) is 4.79 Å². The van der Waals surface area contributed by atoms with Crippen molar-refractivity contribution >= 4 is 23.6 Å². The molecule has 0 aliphatic carbocycles. The van der Waals surface area contributed by atoms with Crippen LogP contribution in [0.3, 0.4) is 0 Å². The van der Waals surface area contributed by atoms with E-state index in [2.05, 4.69) is 31.8 Å². The van der Waals surface area contributed by atoms with Crippen LogP contribution in [0.25, 0.3) is 0 Å². The highest BCUT2D eigenvalue weighted by atomic mass is 32.1. The first-order chi connectivity index (χ1) is 7.08. The maximum Gasteiger partial charge on any atom is 0.364 e. The molecule has 15 heavy (non-hydrogen) atoms. The molecular formula is C11H15NO2S. The summed E-state index contributed by atoms with van der Waals surface area (Å²) in [4.78, 5) is 10.5. The lowest BCUT2D eigenvalue weighted by molar-refractivity contribution is 0.169. The summed E-state index contributed by atoms with van der Waals surface area (Å²) in [6, 6.07) is 8.16. The molecule has 0 amide bonds. The molecule has 3 nitrogen and oxygen atoms in total. The van der Waals surface area contributed by atoms with E-state index in [0.29, 0.717) is 6.04 Å². The van der Waals surface area contributed by atoms with Crippen molar-refractivity contribution in [3.8, 4) is 0 Å². The molecule has 1 rings (SSSR count).